The van der Waals surface area contributed by atoms with Gasteiger partial charge in [0.05, 0.1) is 0 Å². The molecule has 44 valence electrons. The lowest BCUT2D eigenvalue weighted by atomic mass is 10.6. The van der Waals surface area contributed by atoms with Crippen LogP contribution in [0.1, 0.15) is 0 Å². The third-order valence-corrected chi connectivity index (χ3v) is 1.45. The zero-order chi connectivity index (χ0) is 5.98. The standard InChI is InChI=1S/C4H6N2OS/c1-8-4-3(5)2-7-6-4/h2H,5H2,1H3. The Hall–Kier alpha value is -0.640. The minimum atomic E-state index is 0.609. The van der Waals surface area contributed by atoms with E-state index in [4.69, 9.17) is 5.73 Å². The molecule has 1 aromatic rings. The van der Waals surface area contributed by atoms with Crippen LogP contribution in [0, 0.1) is 0 Å². The largest absolute Gasteiger partial charge is 0.394 e. The Morgan fingerprint density at radius 3 is 2.88 bits per heavy atom. The highest BCUT2D eigenvalue weighted by Crippen LogP contribution is 2.18. The van der Waals surface area contributed by atoms with Crippen molar-refractivity contribution in [3.05, 3.63) is 6.26 Å². The number of aromatic nitrogens is 1. The van der Waals surface area contributed by atoms with Gasteiger partial charge in [-0.3, -0.25) is 0 Å². The molecule has 0 saturated heterocycles. The van der Waals surface area contributed by atoms with E-state index in [1.54, 1.807) is 0 Å². The molecule has 0 amide bonds. The van der Waals surface area contributed by atoms with Gasteiger partial charge in [-0.05, 0) is 6.26 Å². The van der Waals surface area contributed by atoms with Crippen molar-refractivity contribution in [3.8, 4) is 0 Å². The third kappa shape index (κ3) is 0.790. The summed E-state index contributed by atoms with van der Waals surface area (Å²) >= 11 is 1.47. The average Bonchev–Trinajstić information content (AvgIpc) is 2.14. The Kier molecular flexibility index (Phi) is 1.43. The second-order valence-electron chi connectivity index (χ2n) is 1.28. The van der Waals surface area contributed by atoms with Crippen LogP contribution in [0.25, 0.3) is 0 Å². The highest BCUT2D eigenvalue weighted by Gasteiger charge is 1.98. The molecule has 0 atom stereocenters. The molecule has 0 spiro atoms. The minimum absolute atomic E-state index is 0.609. The van der Waals surface area contributed by atoms with E-state index in [0.29, 0.717) is 5.69 Å². The molecule has 0 aliphatic heterocycles. The first-order valence-electron chi connectivity index (χ1n) is 2.08. The molecule has 0 aromatic carbocycles. The van der Waals surface area contributed by atoms with Crippen LogP contribution < -0.4 is 5.73 Å². The molecule has 1 heterocycles. The lowest BCUT2D eigenvalue weighted by Crippen LogP contribution is -1.81. The number of hydrogen-bond donors (Lipinski definition) is 1. The van der Waals surface area contributed by atoms with Gasteiger partial charge in [-0.15, -0.1) is 11.8 Å². The van der Waals surface area contributed by atoms with Crippen molar-refractivity contribution in [1.29, 1.82) is 0 Å². The van der Waals surface area contributed by atoms with Gasteiger partial charge in [0.25, 0.3) is 0 Å². The topological polar surface area (TPSA) is 52.0 Å². The van der Waals surface area contributed by atoms with Crippen molar-refractivity contribution in [1.82, 2.24) is 5.16 Å². The number of rotatable bonds is 1. The lowest BCUT2D eigenvalue weighted by molar-refractivity contribution is 0.404. The first-order chi connectivity index (χ1) is 3.84. The van der Waals surface area contributed by atoms with Gasteiger partial charge >= 0.3 is 0 Å². The number of hydrogen-bond acceptors (Lipinski definition) is 4. The minimum Gasteiger partial charge on any atom is -0.394 e. The first-order valence-corrected chi connectivity index (χ1v) is 3.31. The fourth-order valence-electron chi connectivity index (χ4n) is 0.389. The van der Waals surface area contributed by atoms with E-state index < -0.39 is 0 Å². The molecule has 0 aliphatic carbocycles. The van der Waals surface area contributed by atoms with Crippen LogP contribution in [-0.2, 0) is 0 Å². The van der Waals surface area contributed by atoms with Crippen LogP contribution in [-0.4, -0.2) is 11.4 Å². The van der Waals surface area contributed by atoms with E-state index in [1.165, 1.54) is 18.0 Å². The number of thioether (sulfide) groups is 1. The number of nitrogens with zero attached hydrogens (tertiary/aromatic N) is 1. The molecule has 4 heteroatoms. The van der Waals surface area contributed by atoms with E-state index in [2.05, 4.69) is 9.68 Å². The quantitative estimate of drug-likeness (QED) is 0.576. The molecule has 0 unspecified atom stereocenters. The van der Waals surface area contributed by atoms with Gasteiger partial charge in [0.1, 0.15) is 12.0 Å². The number of anilines is 1. The lowest BCUT2D eigenvalue weighted by Gasteiger charge is -1.82. The maximum absolute atomic E-state index is 5.37. The van der Waals surface area contributed by atoms with Crippen LogP contribution in [0.15, 0.2) is 15.8 Å². The summed E-state index contributed by atoms with van der Waals surface area (Å²) in [6.45, 7) is 0. The Labute approximate surface area is 51.2 Å². The van der Waals surface area contributed by atoms with E-state index in [9.17, 15) is 0 Å². The molecule has 1 aromatic heterocycles. The highest BCUT2D eigenvalue weighted by atomic mass is 32.2. The molecule has 0 bridgehead atoms. The smallest absolute Gasteiger partial charge is 0.162 e. The molecule has 0 aliphatic rings. The number of nitrogen functional groups attached to an aromatic ring is 1. The SMILES string of the molecule is CSc1nocc1N. The molecular formula is C4H6N2OS. The molecule has 0 fully saturated rings. The summed E-state index contributed by atoms with van der Waals surface area (Å²) in [5.41, 5.74) is 5.98. The van der Waals surface area contributed by atoms with Crippen LogP contribution in [0.3, 0.4) is 0 Å². The van der Waals surface area contributed by atoms with Gasteiger partial charge in [-0.2, -0.15) is 0 Å². The number of nitrogens with two attached hydrogens (primary N) is 1. The van der Waals surface area contributed by atoms with Gasteiger partial charge in [-0.25, -0.2) is 0 Å². The van der Waals surface area contributed by atoms with E-state index >= 15 is 0 Å². The maximum atomic E-state index is 5.37. The zero-order valence-electron chi connectivity index (χ0n) is 4.42. The summed E-state index contributed by atoms with van der Waals surface area (Å²) in [4.78, 5) is 0. The molecule has 3 nitrogen and oxygen atoms in total. The average molecular weight is 130 g/mol. The Bertz CT molecular complexity index is 174. The summed E-state index contributed by atoms with van der Waals surface area (Å²) in [7, 11) is 0. The molecule has 2 N–H and O–H groups in total. The third-order valence-electron chi connectivity index (χ3n) is 0.756. The van der Waals surface area contributed by atoms with Crippen LogP contribution in [0.4, 0.5) is 5.69 Å². The van der Waals surface area contributed by atoms with E-state index in [0.717, 1.165) is 5.03 Å². The van der Waals surface area contributed by atoms with Crippen molar-refractivity contribution in [2.24, 2.45) is 0 Å². The van der Waals surface area contributed by atoms with Crippen molar-refractivity contribution in [3.63, 3.8) is 0 Å². The van der Waals surface area contributed by atoms with Gasteiger partial charge in [-0.1, -0.05) is 5.16 Å². The highest BCUT2D eigenvalue weighted by molar-refractivity contribution is 7.98. The predicted octanol–water partition coefficient (Wildman–Crippen LogP) is 0.979. The van der Waals surface area contributed by atoms with E-state index in [-0.39, 0.29) is 0 Å². The van der Waals surface area contributed by atoms with Gasteiger partial charge in [0.15, 0.2) is 5.03 Å². The van der Waals surface area contributed by atoms with Gasteiger partial charge < -0.3 is 10.3 Å². The first kappa shape index (κ1) is 5.50. The summed E-state index contributed by atoms with van der Waals surface area (Å²) in [6.07, 6.45) is 3.32. The Morgan fingerprint density at radius 1 is 1.88 bits per heavy atom. The van der Waals surface area contributed by atoms with Crippen LogP contribution >= 0.6 is 11.8 Å². The predicted molar refractivity (Wildman–Crippen MR) is 32.7 cm³/mol. The molecule has 8 heavy (non-hydrogen) atoms. The maximum Gasteiger partial charge on any atom is 0.162 e. The fourth-order valence-corrected chi connectivity index (χ4v) is 0.791. The molecule has 1 rings (SSSR count). The normalized spacial score (nSPS) is 9.62. The van der Waals surface area contributed by atoms with Gasteiger partial charge in [0.2, 0.25) is 0 Å². The van der Waals surface area contributed by atoms with Crippen LogP contribution in [0.2, 0.25) is 0 Å². The second-order valence-corrected chi connectivity index (χ2v) is 2.07. The van der Waals surface area contributed by atoms with Crippen LogP contribution in [0.5, 0.6) is 0 Å². The van der Waals surface area contributed by atoms with Crippen molar-refractivity contribution < 1.29 is 4.52 Å². The van der Waals surface area contributed by atoms with Crippen molar-refractivity contribution in [2.75, 3.05) is 12.0 Å². The fraction of sp³-hybridized carbons (Fsp3) is 0.250. The van der Waals surface area contributed by atoms with E-state index in [1.807, 2.05) is 6.26 Å². The van der Waals surface area contributed by atoms with Crippen molar-refractivity contribution in [2.45, 2.75) is 5.03 Å². The summed E-state index contributed by atoms with van der Waals surface area (Å²) in [6, 6.07) is 0. The monoisotopic (exact) mass is 130 g/mol. The molecule has 0 saturated carbocycles. The Balaban J connectivity index is 2.92. The summed E-state index contributed by atoms with van der Waals surface area (Å²) < 4.78 is 4.54. The van der Waals surface area contributed by atoms with Crippen molar-refractivity contribution >= 4 is 17.4 Å². The zero-order valence-corrected chi connectivity index (χ0v) is 5.23. The Morgan fingerprint density at radius 2 is 2.62 bits per heavy atom. The molecular weight excluding hydrogens is 124 g/mol. The second kappa shape index (κ2) is 2.09. The molecule has 0 radical (unpaired) electrons. The summed E-state index contributed by atoms with van der Waals surface area (Å²) in [5, 5.41) is 4.35. The van der Waals surface area contributed by atoms with Gasteiger partial charge in [0, 0.05) is 0 Å². The summed E-state index contributed by atoms with van der Waals surface area (Å²) in [5.74, 6) is 0.